The molecule has 1 heterocycles. The van der Waals surface area contributed by atoms with Crippen molar-refractivity contribution in [1.29, 1.82) is 0 Å². The number of benzene rings is 1. The van der Waals surface area contributed by atoms with Gasteiger partial charge in [-0.3, -0.25) is 9.59 Å². The second kappa shape index (κ2) is 8.17. The van der Waals surface area contributed by atoms with E-state index in [0.717, 1.165) is 5.56 Å². The van der Waals surface area contributed by atoms with Gasteiger partial charge < -0.3 is 15.2 Å². The van der Waals surface area contributed by atoms with Crippen LogP contribution < -0.4 is 15.8 Å². The number of hydrogen-bond acceptors (Lipinski definition) is 4. The maximum absolute atomic E-state index is 12.4. The highest BCUT2D eigenvalue weighted by molar-refractivity contribution is 5.94. The van der Waals surface area contributed by atoms with Crippen molar-refractivity contribution in [1.82, 2.24) is 9.97 Å². The summed E-state index contributed by atoms with van der Waals surface area (Å²) in [6.07, 6.45) is 8.04. The lowest BCUT2D eigenvalue weighted by Crippen LogP contribution is -2.25. The number of nitrogens with one attached hydrogen (secondary N) is 2. The largest absolute Gasteiger partial charge is 0.361 e. The Hall–Kier alpha value is -2.63. The second-order valence-electron chi connectivity index (χ2n) is 7.13. The lowest BCUT2D eigenvalue weighted by molar-refractivity contribution is -0.115. The maximum Gasteiger partial charge on any atom is 0.276 e. The first-order chi connectivity index (χ1) is 12.5. The van der Waals surface area contributed by atoms with E-state index in [1.807, 2.05) is 12.1 Å². The molecule has 0 aliphatic heterocycles. The zero-order valence-electron chi connectivity index (χ0n) is 15.4. The Labute approximate surface area is 153 Å². The van der Waals surface area contributed by atoms with Crippen LogP contribution >= 0.6 is 0 Å². The summed E-state index contributed by atoms with van der Waals surface area (Å²) < 4.78 is 0. The highest BCUT2D eigenvalue weighted by Gasteiger charge is 2.16. The van der Waals surface area contributed by atoms with Gasteiger partial charge in [0.15, 0.2) is 11.5 Å². The summed E-state index contributed by atoms with van der Waals surface area (Å²) in [5, 5.41) is 2.70. The van der Waals surface area contributed by atoms with Gasteiger partial charge in [0.2, 0.25) is 5.91 Å². The Morgan fingerprint density at radius 1 is 1.19 bits per heavy atom. The van der Waals surface area contributed by atoms with E-state index in [1.54, 1.807) is 19.0 Å². The third kappa shape index (κ3) is 4.31. The maximum atomic E-state index is 12.4. The minimum atomic E-state index is -0.357. The monoisotopic (exact) mass is 354 g/mol. The SMILES string of the molecule is CN(C)c1nc[nH]c(=O)c1NC(=O)Cc1ccc(C2CCCCC2)cc1. The van der Waals surface area contributed by atoms with Crippen molar-refractivity contribution in [2.24, 2.45) is 0 Å². The first kappa shape index (κ1) is 18.2. The lowest BCUT2D eigenvalue weighted by Gasteiger charge is -2.22. The normalized spacial score (nSPS) is 14.8. The Kier molecular flexibility index (Phi) is 5.71. The smallest absolute Gasteiger partial charge is 0.276 e. The van der Waals surface area contributed by atoms with Crippen molar-refractivity contribution in [3.8, 4) is 0 Å². The van der Waals surface area contributed by atoms with E-state index in [-0.39, 0.29) is 23.6 Å². The number of aromatic nitrogens is 2. The minimum absolute atomic E-state index is 0.182. The summed E-state index contributed by atoms with van der Waals surface area (Å²) in [5.74, 6) is 0.870. The number of carbonyl (C=O) groups is 1. The molecule has 3 rings (SSSR count). The molecular formula is C20H26N4O2. The summed E-state index contributed by atoms with van der Waals surface area (Å²) >= 11 is 0. The Morgan fingerprint density at radius 3 is 2.54 bits per heavy atom. The molecule has 1 saturated carbocycles. The quantitative estimate of drug-likeness (QED) is 0.865. The van der Waals surface area contributed by atoms with Crippen LogP contribution in [-0.4, -0.2) is 30.0 Å². The van der Waals surface area contributed by atoms with Gasteiger partial charge in [-0.25, -0.2) is 4.98 Å². The standard InChI is InChI=1S/C20H26N4O2/c1-24(2)19-18(20(26)22-13-21-19)23-17(25)12-14-8-10-16(11-9-14)15-6-4-3-5-7-15/h8-11,13,15H,3-7,12H2,1-2H3,(H,23,25)(H,21,22,26). The first-order valence-electron chi connectivity index (χ1n) is 9.18. The molecule has 0 unspecified atom stereocenters. The molecule has 1 fully saturated rings. The van der Waals surface area contributed by atoms with Crippen LogP contribution in [0.3, 0.4) is 0 Å². The number of rotatable bonds is 5. The predicted molar refractivity (Wildman–Crippen MR) is 104 cm³/mol. The Bertz CT molecular complexity index is 805. The molecule has 1 aromatic heterocycles. The number of H-pyrrole nitrogens is 1. The minimum Gasteiger partial charge on any atom is -0.361 e. The molecule has 0 saturated heterocycles. The van der Waals surface area contributed by atoms with Crippen LogP contribution in [0.25, 0.3) is 0 Å². The summed E-state index contributed by atoms with van der Waals surface area (Å²) in [6.45, 7) is 0. The number of anilines is 2. The third-order valence-corrected chi connectivity index (χ3v) is 4.94. The van der Waals surface area contributed by atoms with Gasteiger partial charge in [0.25, 0.3) is 5.56 Å². The van der Waals surface area contributed by atoms with Gasteiger partial charge >= 0.3 is 0 Å². The molecule has 138 valence electrons. The highest BCUT2D eigenvalue weighted by Crippen LogP contribution is 2.32. The molecule has 1 aliphatic carbocycles. The van der Waals surface area contributed by atoms with E-state index < -0.39 is 0 Å². The van der Waals surface area contributed by atoms with Gasteiger partial charge in [-0.05, 0) is 29.9 Å². The summed E-state index contributed by atoms with van der Waals surface area (Å²) in [6, 6.07) is 8.31. The van der Waals surface area contributed by atoms with Gasteiger partial charge in [0, 0.05) is 14.1 Å². The van der Waals surface area contributed by atoms with Gasteiger partial charge in [0.1, 0.15) is 0 Å². The van der Waals surface area contributed by atoms with Gasteiger partial charge in [-0.2, -0.15) is 0 Å². The lowest BCUT2D eigenvalue weighted by atomic mass is 9.84. The van der Waals surface area contributed by atoms with Gasteiger partial charge in [0.05, 0.1) is 12.7 Å². The number of amides is 1. The van der Waals surface area contributed by atoms with Crippen LogP contribution in [0.5, 0.6) is 0 Å². The molecule has 0 bridgehead atoms. The van der Waals surface area contributed by atoms with Crippen molar-refractivity contribution in [2.45, 2.75) is 44.4 Å². The number of nitrogens with zero attached hydrogens (tertiary/aromatic N) is 2. The fourth-order valence-corrected chi connectivity index (χ4v) is 3.55. The van der Waals surface area contributed by atoms with Crippen LogP contribution in [0.15, 0.2) is 35.4 Å². The summed E-state index contributed by atoms with van der Waals surface area (Å²) in [4.78, 5) is 32.7. The van der Waals surface area contributed by atoms with E-state index in [1.165, 1.54) is 44.0 Å². The summed E-state index contributed by atoms with van der Waals surface area (Å²) in [7, 11) is 3.56. The fraction of sp³-hybridized carbons (Fsp3) is 0.450. The van der Waals surface area contributed by atoms with E-state index in [4.69, 9.17) is 0 Å². The van der Waals surface area contributed by atoms with Crippen molar-refractivity contribution in [3.63, 3.8) is 0 Å². The van der Waals surface area contributed by atoms with E-state index >= 15 is 0 Å². The first-order valence-corrected chi connectivity index (χ1v) is 9.18. The average Bonchev–Trinajstić information content (AvgIpc) is 2.64. The third-order valence-electron chi connectivity index (χ3n) is 4.94. The molecule has 1 aromatic carbocycles. The number of carbonyl (C=O) groups excluding carboxylic acids is 1. The van der Waals surface area contributed by atoms with Crippen LogP contribution in [-0.2, 0) is 11.2 Å². The molecule has 6 nitrogen and oxygen atoms in total. The van der Waals surface area contributed by atoms with Gasteiger partial charge in [-0.15, -0.1) is 0 Å². The average molecular weight is 354 g/mol. The topological polar surface area (TPSA) is 78.1 Å². The number of hydrogen-bond donors (Lipinski definition) is 2. The molecule has 26 heavy (non-hydrogen) atoms. The molecular weight excluding hydrogens is 328 g/mol. The van der Waals surface area contributed by atoms with E-state index in [2.05, 4.69) is 27.4 Å². The molecule has 1 amide bonds. The molecule has 2 aromatic rings. The van der Waals surface area contributed by atoms with E-state index in [9.17, 15) is 9.59 Å². The molecule has 0 spiro atoms. The fourth-order valence-electron chi connectivity index (χ4n) is 3.55. The molecule has 6 heteroatoms. The van der Waals surface area contributed by atoms with Gasteiger partial charge in [-0.1, -0.05) is 43.5 Å². The van der Waals surface area contributed by atoms with Crippen molar-refractivity contribution < 1.29 is 4.79 Å². The highest BCUT2D eigenvalue weighted by atomic mass is 16.2. The zero-order chi connectivity index (χ0) is 18.5. The van der Waals surface area contributed by atoms with Crippen molar-refractivity contribution in [3.05, 3.63) is 52.1 Å². The molecule has 0 radical (unpaired) electrons. The zero-order valence-corrected chi connectivity index (χ0v) is 15.4. The van der Waals surface area contributed by atoms with E-state index in [0.29, 0.717) is 11.7 Å². The summed E-state index contributed by atoms with van der Waals surface area (Å²) in [5.41, 5.74) is 2.13. The Morgan fingerprint density at radius 2 is 1.88 bits per heavy atom. The number of aromatic amines is 1. The van der Waals surface area contributed by atoms with Crippen LogP contribution in [0.2, 0.25) is 0 Å². The van der Waals surface area contributed by atoms with Crippen LogP contribution in [0.1, 0.15) is 49.1 Å². The van der Waals surface area contributed by atoms with Crippen molar-refractivity contribution in [2.75, 3.05) is 24.3 Å². The van der Waals surface area contributed by atoms with Crippen LogP contribution in [0.4, 0.5) is 11.5 Å². The molecule has 0 atom stereocenters. The van der Waals surface area contributed by atoms with Crippen molar-refractivity contribution >= 4 is 17.4 Å². The second-order valence-corrected chi connectivity index (χ2v) is 7.13. The van der Waals surface area contributed by atoms with Crippen LogP contribution in [0, 0.1) is 0 Å². The predicted octanol–water partition coefficient (Wildman–Crippen LogP) is 3.06. The Balaban J connectivity index is 1.66. The molecule has 2 N–H and O–H groups in total. The molecule has 1 aliphatic rings.